The second kappa shape index (κ2) is 5.60. The van der Waals surface area contributed by atoms with Gasteiger partial charge >= 0.3 is 0 Å². The molecule has 0 atom stereocenters. The van der Waals surface area contributed by atoms with Gasteiger partial charge in [-0.25, -0.2) is 4.98 Å². The molecule has 4 rings (SSSR count). The molecule has 0 spiro atoms. The monoisotopic (exact) mass is 314 g/mol. The van der Waals surface area contributed by atoms with Gasteiger partial charge in [0.05, 0.1) is 0 Å². The number of carbonyl (C=O) groups is 1. The van der Waals surface area contributed by atoms with Crippen molar-refractivity contribution in [1.82, 2.24) is 30.0 Å². The minimum absolute atomic E-state index is 0.182. The summed E-state index contributed by atoms with van der Waals surface area (Å²) in [5.74, 6) is 2.11. The second-order valence-electron chi connectivity index (χ2n) is 6.20. The second-order valence-corrected chi connectivity index (χ2v) is 6.20. The molecule has 0 saturated heterocycles. The first-order chi connectivity index (χ1) is 11.2. The number of amides is 1. The highest BCUT2D eigenvalue weighted by Crippen LogP contribution is 2.38. The van der Waals surface area contributed by atoms with Crippen molar-refractivity contribution in [2.45, 2.75) is 44.1 Å². The molecule has 2 aliphatic carbocycles. The Morgan fingerprint density at radius 1 is 1.30 bits per heavy atom. The van der Waals surface area contributed by atoms with Gasteiger partial charge in [-0.2, -0.15) is 0 Å². The van der Waals surface area contributed by atoms with Crippen molar-refractivity contribution < 1.29 is 4.79 Å². The number of aromatic amines is 1. The summed E-state index contributed by atoms with van der Waals surface area (Å²) in [6, 6.07) is 1.25. The molecule has 2 heterocycles. The van der Waals surface area contributed by atoms with Gasteiger partial charge in [0.25, 0.3) is 11.5 Å². The lowest BCUT2D eigenvalue weighted by molar-refractivity contribution is 0.0946. The quantitative estimate of drug-likeness (QED) is 0.810. The number of hydrogen-bond donors (Lipinski definition) is 2. The fourth-order valence-corrected chi connectivity index (χ4v) is 2.62. The predicted octanol–water partition coefficient (Wildman–Crippen LogP) is 0.546. The largest absolute Gasteiger partial charge is 0.349 e. The molecule has 2 fully saturated rings. The van der Waals surface area contributed by atoms with Crippen molar-refractivity contribution in [2.24, 2.45) is 0 Å². The zero-order chi connectivity index (χ0) is 15.8. The highest BCUT2D eigenvalue weighted by molar-refractivity contribution is 5.92. The van der Waals surface area contributed by atoms with Crippen LogP contribution in [-0.4, -0.2) is 37.2 Å². The zero-order valence-corrected chi connectivity index (χ0v) is 12.7. The molecule has 8 heteroatoms. The lowest BCUT2D eigenvalue weighted by atomic mass is 10.3. The number of H-pyrrole nitrogens is 1. The fraction of sp³-hybridized carbons (Fsp3) is 0.533. The summed E-state index contributed by atoms with van der Waals surface area (Å²) in [5.41, 5.74) is -0.0938. The summed E-state index contributed by atoms with van der Waals surface area (Å²) in [7, 11) is 0. The van der Waals surface area contributed by atoms with E-state index in [9.17, 15) is 9.59 Å². The topological polar surface area (TPSA) is 106 Å². The van der Waals surface area contributed by atoms with Crippen LogP contribution in [0.25, 0.3) is 0 Å². The molecule has 2 aliphatic rings. The smallest absolute Gasteiger partial charge is 0.270 e. The number of aromatic nitrogens is 5. The molecular weight excluding hydrogens is 296 g/mol. The Morgan fingerprint density at radius 2 is 2.09 bits per heavy atom. The molecule has 0 unspecified atom stereocenters. The molecule has 2 saturated carbocycles. The maximum absolute atomic E-state index is 12.2. The Balaban J connectivity index is 1.38. The average molecular weight is 314 g/mol. The van der Waals surface area contributed by atoms with E-state index >= 15 is 0 Å². The summed E-state index contributed by atoms with van der Waals surface area (Å²) in [6.45, 7) is 1.06. The number of nitrogens with zero attached hydrogens (tertiary/aromatic N) is 4. The van der Waals surface area contributed by atoms with E-state index in [1.807, 2.05) is 4.57 Å². The molecule has 2 aromatic heterocycles. The van der Waals surface area contributed by atoms with E-state index in [0.29, 0.717) is 30.7 Å². The van der Waals surface area contributed by atoms with Gasteiger partial charge in [0.15, 0.2) is 0 Å². The summed E-state index contributed by atoms with van der Waals surface area (Å²) in [5, 5.41) is 10.9. The number of rotatable bonds is 6. The molecule has 0 radical (unpaired) electrons. The zero-order valence-electron chi connectivity index (χ0n) is 12.7. The van der Waals surface area contributed by atoms with E-state index in [4.69, 9.17) is 0 Å². The van der Waals surface area contributed by atoms with Crippen molar-refractivity contribution >= 4 is 5.91 Å². The van der Waals surface area contributed by atoms with Crippen molar-refractivity contribution in [1.29, 1.82) is 0 Å². The van der Waals surface area contributed by atoms with Gasteiger partial charge in [-0.3, -0.25) is 9.59 Å². The van der Waals surface area contributed by atoms with Crippen LogP contribution in [0.2, 0.25) is 0 Å². The number of nitrogens with one attached hydrogen (secondary N) is 2. The van der Waals surface area contributed by atoms with Crippen LogP contribution < -0.4 is 10.9 Å². The first-order valence-electron chi connectivity index (χ1n) is 7.98. The molecule has 2 aromatic rings. The highest BCUT2D eigenvalue weighted by atomic mass is 16.2. The Bertz CT molecular complexity index is 787. The van der Waals surface area contributed by atoms with Crippen LogP contribution in [-0.2, 0) is 6.54 Å². The van der Waals surface area contributed by atoms with Crippen molar-refractivity contribution in [2.75, 3.05) is 6.54 Å². The van der Waals surface area contributed by atoms with Crippen molar-refractivity contribution in [3.8, 4) is 0 Å². The first kappa shape index (κ1) is 14.1. The Kier molecular flexibility index (Phi) is 3.44. The van der Waals surface area contributed by atoms with Gasteiger partial charge in [0.2, 0.25) is 0 Å². The summed E-state index contributed by atoms with van der Waals surface area (Å²) in [6.07, 6.45) is 6.05. The van der Waals surface area contributed by atoms with Crippen LogP contribution in [0.4, 0.5) is 0 Å². The lowest BCUT2D eigenvalue weighted by Crippen LogP contribution is -2.30. The molecule has 120 valence electrons. The Labute approximate surface area is 132 Å². The first-order valence-corrected chi connectivity index (χ1v) is 7.98. The third kappa shape index (κ3) is 3.15. The molecule has 2 N–H and O–H groups in total. The van der Waals surface area contributed by atoms with Crippen molar-refractivity contribution in [3.63, 3.8) is 0 Å². The predicted molar refractivity (Wildman–Crippen MR) is 81.2 cm³/mol. The highest BCUT2D eigenvalue weighted by Gasteiger charge is 2.29. The molecule has 8 nitrogen and oxygen atoms in total. The third-order valence-corrected chi connectivity index (χ3v) is 4.18. The Hall–Kier alpha value is -2.51. The summed E-state index contributed by atoms with van der Waals surface area (Å²) >= 11 is 0. The minimum atomic E-state index is -0.320. The van der Waals surface area contributed by atoms with Gasteiger partial charge < -0.3 is 14.9 Å². The molecule has 0 aromatic carbocycles. The molecule has 1 amide bonds. The van der Waals surface area contributed by atoms with Gasteiger partial charge in [-0.15, -0.1) is 10.2 Å². The van der Waals surface area contributed by atoms with E-state index in [1.165, 1.54) is 6.07 Å². The minimum Gasteiger partial charge on any atom is -0.349 e. The molecule has 0 aliphatic heterocycles. The van der Waals surface area contributed by atoms with Crippen LogP contribution in [0.3, 0.4) is 0 Å². The van der Waals surface area contributed by atoms with E-state index in [2.05, 4.69) is 25.5 Å². The van der Waals surface area contributed by atoms with Crippen LogP contribution in [0.1, 0.15) is 59.7 Å². The molecular formula is C15H18N6O2. The maximum Gasteiger partial charge on any atom is 0.270 e. The maximum atomic E-state index is 12.2. The van der Waals surface area contributed by atoms with Crippen LogP contribution >= 0.6 is 0 Å². The SMILES string of the molecule is O=C(NCCn1cnnc1C1CC1)c1cc(=O)[nH]c(C2CC2)n1. The number of hydrogen-bond acceptors (Lipinski definition) is 5. The lowest BCUT2D eigenvalue weighted by Gasteiger charge is -2.08. The average Bonchev–Trinajstić information content (AvgIpc) is 3.45. The van der Waals surface area contributed by atoms with Crippen molar-refractivity contribution in [3.05, 3.63) is 40.1 Å². The van der Waals surface area contributed by atoms with E-state index in [0.717, 1.165) is 31.5 Å². The molecule has 23 heavy (non-hydrogen) atoms. The van der Waals surface area contributed by atoms with Gasteiger partial charge in [-0.05, 0) is 25.7 Å². The summed E-state index contributed by atoms with van der Waals surface area (Å²) in [4.78, 5) is 30.8. The van der Waals surface area contributed by atoms with Gasteiger partial charge in [0, 0.05) is 31.0 Å². The molecule has 0 bridgehead atoms. The normalized spacial score (nSPS) is 17.2. The third-order valence-electron chi connectivity index (χ3n) is 4.18. The van der Waals surface area contributed by atoms with Crippen LogP contribution in [0.5, 0.6) is 0 Å². The fourth-order valence-electron chi connectivity index (χ4n) is 2.62. The Morgan fingerprint density at radius 3 is 2.83 bits per heavy atom. The van der Waals surface area contributed by atoms with Crippen LogP contribution in [0.15, 0.2) is 17.2 Å². The summed E-state index contributed by atoms with van der Waals surface area (Å²) < 4.78 is 1.97. The standard InChI is InChI=1S/C15H18N6O2/c22-12-7-11(18-13(19-12)9-1-2-9)15(23)16-5-6-21-8-17-20-14(21)10-3-4-10/h7-10H,1-6H2,(H,16,23)(H,18,19,22). The van der Waals surface area contributed by atoms with E-state index < -0.39 is 0 Å². The number of carbonyl (C=O) groups excluding carboxylic acids is 1. The van der Waals surface area contributed by atoms with Crippen LogP contribution in [0, 0.1) is 0 Å². The van der Waals surface area contributed by atoms with E-state index in [-0.39, 0.29) is 17.2 Å². The van der Waals surface area contributed by atoms with Gasteiger partial charge in [0.1, 0.15) is 23.7 Å². The van der Waals surface area contributed by atoms with E-state index in [1.54, 1.807) is 6.33 Å². The van der Waals surface area contributed by atoms with Gasteiger partial charge in [-0.1, -0.05) is 0 Å².